The summed E-state index contributed by atoms with van der Waals surface area (Å²) in [4.78, 5) is 64.3. The zero-order chi connectivity index (χ0) is 33.9. The first-order valence-electron chi connectivity index (χ1n) is 13.5. The molecule has 0 fully saturated rings. The zero-order valence-corrected chi connectivity index (χ0v) is 25.9. The van der Waals surface area contributed by atoms with Crippen molar-refractivity contribution in [3.63, 3.8) is 0 Å². The summed E-state index contributed by atoms with van der Waals surface area (Å²) in [7, 11) is 0. The second-order valence-corrected chi connectivity index (χ2v) is 9.08. The number of carbonyl (C=O) groups is 4. The number of anilines is 2. The molecule has 0 aliphatic heterocycles. The Labute approximate surface area is 263 Å². The lowest BCUT2D eigenvalue weighted by molar-refractivity contribution is 0.112. The first kappa shape index (κ1) is 38.8. The maximum atomic E-state index is 12.3. The average molecular weight is 670 g/mol. The highest BCUT2D eigenvalue weighted by atomic mass is 35.5. The van der Waals surface area contributed by atoms with Crippen molar-refractivity contribution in [3.05, 3.63) is 5.28 Å². The number of halogens is 1. The predicted octanol–water partition coefficient (Wildman–Crippen LogP) is -1.60. The Hall–Kier alpha value is -4.18. The van der Waals surface area contributed by atoms with Gasteiger partial charge in [0, 0.05) is 0 Å². The highest BCUT2D eigenvalue weighted by Crippen LogP contribution is 2.22. The number of carbonyl (C=O) groups excluding carboxylic acids is 4. The van der Waals surface area contributed by atoms with E-state index in [1.807, 2.05) is 0 Å². The van der Waals surface area contributed by atoms with E-state index in [4.69, 9.17) is 51.0 Å². The van der Waals surface area contributed by atoms with Gasteiger partial charge in [-0.25, -0.2) is 19.2 Å². The van der Waals surface area contributed by atoms with Crippen LogP contribution in [0.4, 0.5) is 31.1 Å². The van der Waals surface area contributed by atoms with Crippen molar-refractivity contribution in [3.8, 4) is 0 Å². The van der Waals surface area contributed by atoms with E-state index in [9.17, 15) is 19.2 Å². The molecule has 45 heavy (non-hydrogen) atoms. The van der Waals surface area contributed by atoms with Crippen molar-refractivity contribution in [1.82, 2.24) is 36.2 Å². The Balaban J connectivity index is 3.58. The molecule has 8 N–H and O–H groups in total. The van der Waals surface area contributed by atoms with Crippen LogP contribution in [0.3, 0.4) is 0 Å². The Kier molecular flexibility index (Phi) is 17.9. The number of aromatic nitrogens is 3. The first-order valence-corrected chi connectivity index (χ1v) is 13.9. The van der Waals surface area contributed by atoms with Gasteiger partial charge in [0.1, 0.15) is 51.1 Å². The zero-order valence-electron chi connectivity index (χ0n) is 25.1. The summed E-state index contributed by atoms with van der Waals surface area (Å²) in [6.07, 6.45) is -7.85. The fourth-order valence-corrected chi connectivity index (χ4v) is 3.76. The molecule has 4 atom stereocenters. The number of nitrogens with zero attached hydrogens (tertiary/aromatic N) is 5. The van der Waals surface area contributed by atoms with Gasteiger partial charge in [-0.15, -0.1) is 0 Å². The molecule has 4 unspecified atom stereocenters. The van der Waals surface area contributed by atoms with Gasteiger partial charge in [0.25, 0.3) is 0 Å². The monoisotopic (exact) mass is 669 g/mol. The standard InChI is InChI=1S/C23H40ClN9O12/c1-13(25-20(38)42-9-5-34)32(14(2)26-21(39)43-10-6-35)18-29-17(24)30-19(31-18)33(15(3)27-22(40)44-11-7-36)16(4)28-23(41)45-12-8-37/h13-16,34-37H,5-12H2,1-4H3,(H,25,38)(H,26,39)(H,27,40)(H,28,41). The molecule has 0 radical (unpaired) electrons. The molecule has 0 aliphatic carbocycles. The van der Waals surface area contributed by atoms with Crippen LogP contribution in [-0.4, -0.2) is 137 Å². The van der Waals surface area contributed by atoms with Gasteiger partial charge in [-0.1, -0.05) is 0 Å². The minimum Gasteiger partial charge on any atom is -0.447 e. The van der Waals surface area contributed by atoms with E-state index < -0.39 is 75.5 Å². The van der Waals surface area contributed by atoms with E-state index in [1.165, 1.54) is 37.5 Å². The number of hydrogen-bond acceptors (Lipinski definition) is 17. The number of aliphatic hydroxyl groups is 4. The summed E-state index contributed by atoms with van der Waals surface area (Å²) < 4.78 is 19.4. The van der Waals surface area contributed by atoms with Crippen LogP contribution in [0, 0.1) is 0 Å². The Morgan fingerprint density at radius 1 is 0.578 bits per heavy atom. The van der Waals surface area contributed by atoms with Crippen molar-refractivity contribution in [2.75, 3.05) is 62.7 Å². The van der Waals surface area contributed by atoms with Gasteiger partial charge in [0.2, 0.25) is 17.2 Å². The molecule has 21 nitrogen and oxygen atoms in total. The lowest BCUT2D eigenvalue weighted by Crippen LogP contribution is -2.58. The molecule has 0 bridgehead atoms. The van der Waals surface area contributed by atoms with Gasteiger partial charge in [-0.3, -0.25) is 0 Å². The van der Waals surface area contributed by atoms with Crippen molar-refractivity contribution in [2.45, 2.75) is 52.4 Å². The summed E-state index contributed by atoms with van der Waals surface area (Å²) in [5.41, 5.74) is 0. The molecule has 256 valence electrons. The van der Waals surface area contributed by atoms with Crippen LogP contribution in [0.25, 0.3) is 0 Å². The molecule has 4 amide bonds. The van der Waals surface area contributed by atoms with Gasteiger partial charge in [-0.05, 0) is 39.3 Å². The molecular formula is C23H40ClN9O12. The summed E-state index contributed by atoms with van der Waals surface area (Å²) in [6, 6.07) is 0. The van der Waals surface area contributed by atoms with Gasteiger partial charge in [-0.2, -0.15) is 15.0 Å². The molecule has 0 aliphatic rings. The molecular weight excluding hydrogens is 630 g/mol. The number of aliphatic hydroxyl groups excluding tert-OH is 4. The molecule has 1 aromatic rings. The van der Waals surface area contributed by atoms with Gasteiger partial charge in [0.15, 0.2) is 0 Å². The van der Waals surface area contributed by atoms with Gasteiger partial charge < -0.3 is 70.4 Å². The summed E-state index contributed by atoms with van der Waals surface area (Å²) >= 11 is 6.28. The summed E-state index contributed by atoms with van der Waals surface area (Å²) in [5, 5.41) is 45.4. The van der Waals surface area contributed by atoms with E-state index in [0.717, 1.165) is 0 Å². The quantitative estimate of drug-likeness (QED) is 0.0645. The second kappa shape index (κ2) is 20.7. The minimum atomic E-state index is -1.03. The maximum Gasteiger partial charge on any atom is 0.408 e. The average Bonchev–Trinajstić information content (AvgIpc) is 2.96. The number of hydrogen-bond donors (Lipinski definition) is 8. The smallest absolute Gasteiger partial charge is 0.408 e. The molecule has 0 spiro atoms. The number of nitrogens with one attached hydrogen (secondary N) is 4. The fraction of sp³-hybridized carbons (Fsp3) is 0.696. The summed E-state index contributed by atoms with van der Waals surface area (Å²) in [5.74, 6) is -0.463. The maximum absolute atomic E-state index is 12.3. The van der Waals surface area contributed by atoms with Crippen LogP contribution in [0.2, 0.25) is 5.28 Å². The topological polar surface area (TPSA) is 279 Å². The third-order valence-corrected chi connectivity index (χ3v) is 5.49. The predicted molar refractivity (Wildman–Crippen MR) is 154 cm³/mol. The molecule has 0 aromatic carbocycles. The third kappa shape index (κ3) is 14.0. The largest absolute Gasteiger partial charge is 0.447 e. The van der Waals surface area contributed by atoms with Crippen LogP contribution in [0.5, 0.6) is 0 Å². The van der Waals surface area contributed by atoms with Gasteiger partial charge in [0.05, 0.1) is 26.4 Å². The third-order valence-electron chi connectivity index (χ3n) is 5.32. The van der Waals surface area contributed by atoms with Crippen molar-refractivity contribution in [2.24, 2.45) is 0 Å². The number of amides is 4. The van der Waals surface area contributed by atoms with Crippen molar-refractivity contribution < 1.29 is 58.6 Å². The Morgan fingerprint density at radius 3 is 1.04 bits per heavy atom. The molecule has 0 saturated heterocycles. The molecule has 1 aromatic heterocycles. The normalized spacial score (nSPS) is 13.3. The van der Waals surface area contributed by atoms with Crippen LogP contribution in [-0.2, 0) is 18.9 Å². The van der Waals surface area contributed by atoms with Gasteiger partial charge >= 0.3 is 24.4 Å². The van der Waals surface area contributed by atoms with E-state index >= 15 is 0 Å². The first-order chi connectivity index (χ1) is 21.4. The molecule has 1 rings (SSSR count). The van der Waals surface area contributed by atoms with Crippen molar-refractivity contribution >= 4 is 47.9 Å². The van der Waals surface area contributed by atoms with Crippen molar-refractivity contribution in [1.29, 1.82) is 0 Å². The van der Waals surface area contributed by atoms with Crippen LogP contribution < -0.4 is 31.1 Å². The Bertz CT molecular complexity index is 958. The second-order valence-electron chi connectivity index (χ2n) is 8.74. The highest BCUT2D eigenvalue weighted by Gasteiger charge is 2.31. The lowest BCUT2D eigenvalue weighted by atomic mass is 10.3. The SMILES string of the molecule is CC(NC(=O)OCCO)N(c1nc(Cl)nc(N(C(C)NC(=O)OCCO)C(C)NC(=O)OCCO)n1)C(C)NC(=O)OCCO. The Morgan fingerprint density at radius 2 is 0.822 bits per heavy atom. The minimum absolute atomic E-state index is 0.231. The van der Waals surface area contributed by atoms with Crippen LogP contribution >= 0.6 is 11.6 Å². The lowest BCUT2D eigenvalue weighted by Gasteiger charge is -2.37. The summed E-state index contributed by atoms with van der Waals surface area (Å²) in [6.45, 7) is 3.02. The molecule has 0 saturated carbocycles. The number of ether oxygens (including phenoxy) is 4. The highest BCUT2D eigenvalue weighted by molar-refractivity contribution is 6.28. The van der Waals surface area contributed by atoms with Crippen LogP contribution in [0.1, 0.15) is 27.7 Å². The number of rotatable bonds is 18. The molecule has 22 heteroatoms. The van der Waals surface area contributed by atoms with E-state index in [2.05, 4.69) is 36.2 Å². The van der Waals surface area contributed by atoms with Crippen LogP contribution in [0.15, 0.2) is 0 Å². The van der Waals surface area contributed by atoms with E-state index in [-0.39, 0.29) is 43.6 Å². The number of alkyl carbamates (subject to hydrolysis) is 4. The van der Waals surface area contributed by atoms with E-state index in [1.54, 1.807) is 0 Å². The fourth-order valence-electron chi connectivity index (χ4n) is 3.60. The van der Waals surface area contributed by atoms with E-state index in [0.29, 0.717) is 0 Å². The molecule has 1 heterocycles.